The molecule has 1 fully saturated rings. The van der Waals surface area contributed by atoms with E-state index in [1.54, 1.807) is 25.1 Å². The largest absolute Gasteiger partial charge is 0.334 e. The van der Waals surface area contributed by atoms with Gasteiger partial charge in [0.1, 0.15) is 6.54 Å². The number of nitrogens with zero attached hydrogens (tertiary/aromatic N) is 2. The summed E-state index contributed by atoms with van der Waals surface area (Å²) in [6, 6.07) is 5.58. The Morgan fingerprint density at radius 2 is 1.67 bits per heavy atom. The van der Waals surface area contributed by atoms with Crippen molar-refractivity contribution in [2.24, 2.45) is 0 Å². The van der Waals surface area contributed by atoms with E-state index >= 15 is 0 Å². The van der Waals surface area contributed by atoms with Crippen LogP contribution in [0, 0.1) is 0 Å². The smallest absolute Gasteiger partial charge is 0.324 e. The molecule has 0 bridgehead atoms. The fraction of sp³-hybridized carbons (Fsp3) is 0.312. The van der Waals surface area contributed by atoms with Crippen LogP contribution in [0.4, 0.5) is 10.5 Å². The summed E-state index contributed by atoms with van der Waals surface area (Å²) in [6.07, 6.45) is 0.511. The van der Waals surface area contributed by atoms with Crippen molar-refractivity contribution in [2.45, 2.75) is 20.3 Å². The first-order chi connectivity index (χ1) is 11.4. The number of nitrogens with one attached hydrogen (secondary N) is 1. The van der Waals surface area contributed by atoms with E-state index in [-0.39, 0.29) is 18.0 Å². The fourth-order valence-corrected chi connectivity index (χ4v) is 2.34. The standard InChI is InChI=1S/C16H17N3O5/c1-3-8-18-14(22)15(23)19(16(18)24)9-13(21)17-12-7-5-4-6-11(12)10(2)20/h4-7H,3,8-9H2,1-2H3,(H,17,21). The predicted octanol–water partition coefficient (Wildman–Crippen LogP) is 1.03. The van der Waals surface area contributed by atoms with Gasteiger partial charge in [-0.25, -0.2) is 9.69 Å². The molecule has 126 valence electrons. The summed E-state index contributed by atoms with van der Waals surface area (Å²) in [5.74, 6) is -2.86. The van der Waals surface area contributed by atoms with Crippen LogP contribution in [0.5, 0.6) is 0 Å². The zero-order valence-electron chi connectivity index (χ0n) is 13.4. The highest BCUT2D eigenvalue weighted by Gasteiger charge is 2.44. The molecule has 1 aliphatic heterocycles. The normalized spacial score (nSPS) is 14.3. The molecule has 0 atom stereocenters. The SMILES string of the molecule is CCCN1C(=O)C(=O)N(CC(=O)Nc2ccccc2C(C)=O)C1=O. The van der Waals surface area contributed by atoms with E-state index in [1.807, 2.05) is 0 Å². The summed E-state index contributed by atoms with van der Waals surface area (Å²) in [6.45, 7) is 2.66. The van der Waals surface area contributed by atoms with Crippen molar-refractivity contribution >= 4 is 35.2 Å². The van der Waals surface area contributed by atoms with E-state index in [4.69, 9.17) is 0 Å². The monoisotopic (exact) mass is 331 g/mol. The molecule has 0 aliphatic carbocycles. The van der Waals surface area contributed by atoms with Gasteiger partial charge in [-0.1, -0.05) is 19.1 Å². The van der Waals surface area contributed by atoms with Crippen LogP contribution >= 0.6 is 0 Å². The lowest BCUT2D eigenvalue weighted by Gasteiger charge is -2.15. The number of imide groups is 2. The molecular formula is C16H17N3O5. The highest BCUT2D eigenvalue weighted by molar-refractivity contribution is 6.45. The van der Waals surface area contributed by atoms with E-state index in [9.17, 15) is 24.0 Å². The number of rotatable bonds is 6. The third-order valence-electron chi connectivity index (χ3n) is 3.46. The molecule has 5 amide bonds. The molecule has 1 N–H and O–H groups in total. The maximum Gasteiger partial charge on any atom is 0.334 e. The quantitative estimate of drug-likeness (QED) is 0.476. The number of benzene rings is 1. The Balaban J connectivity index is 2.11. The second-order valence-electron chi connectivity index (χ2n) is 5.28. The number of hydrogen-bond acceptors (Lipinski definition) is 5. The summed E-state index contributed by atoms with van der Waals surface area (Å²) in [5, 5.41) is 2.49. The molecule has 2 rings (SSSR count). The Hall–Kier alpha value is -3.03. The van der Waals surface area contributed by atoms with Gasteiger partial charge in [-0.05, 0) is 25.5 Å². The predicted molar refractivity (Wildman–Crippen MR) is 84.2 cm³/mol. The van der Waals surface area contributed by atoms with E-state index in [2.05, 4.69) is 5.32 Å². The summed E-state index contributed by atoms with van der Waals surface area (Å²) < 4.78 is 0. The van der Waals surface area contributed by atoms with Gasteiger partial charge in [-0.3, -0.25) is 24.1 Å². The van der Waals surface area contributed by atoms with Crippen LogP contribution in [0.15, 0.2) is 24.3 Å². The molecule has 0 saturated carbocycles. The molecule has 1 aliphatic rings. The Morgan fingerprint density at radius 1 is 1.04 bits per heavy atom. The number of Topliss-reactive ketones (excluding diaryl/α,β-unsaturated/α-hetero) is 1. The number of urea groups is 1. The summed E-state index contributed by atoms with van der Waals surface area (Å²) in [7, 11) is 0. The second-order valence-corrected chi connectivity index (χ2v) is 5.28. The maximum absolute atomic E-state index is 12.1. The topological polar surface area (TPSA) is 104 Å². The lowest BCUT2D eigenvalue weighted by Crippen LogP contribution is -2.39. The van der Waals surface area contributed by atoms with Crippen LogP contribution in [-0.2, 0) is 14.4 Å². The van der Waals surface area contributed by atoms with Crippen LogP contribution in [0.1, 0.15) is 30.6 Å². The third-order valence-corrected chi connectivity index (χ3v) is 3.46. The Bertz CT molecular complexity index is 728. The number of ketones is 1. The number of para-hydroxylation sites is 1. The zero-order valence-corrected chi connectivity index (χ0v) is 13.4. The molecule has 0 aromatic heterocycles. The summed E-state index contributed by atoms with van der Waals surface area (Å²) in [5.41, 5.74) is 0.597. The van der Waals surface area contributed by atoms with Crippen molar-refractivity contribution in [2.75, 3.05) is 18.4 Å². The minimum Gasteiger partial charge on any atom is -0.324 e. The molecule has 1 heterocycles. The van der Waals surface area contributed by atoms with Gasteiger partial charge in [-0.2, -0.15) is 0 Å². The molecule has 8 heteroatoms. The molecule has 1 aromatic carbocycles. The van der Waals surface area contributed by atoms with Gasteiger partial charge >= 0.3 is 17.8 Å². The average Bonchev–Trinajstić information content (AvgIpc) is 2.73. The summed E-state index contributed by atoms with van der Waals surface area (Å²) >= 11 is 0. The Morgan fingerprint density at radius 3 is 2.29 bits per heavy atom. The molecule has 1 saturated heterocycles. The first-order valence-corrected chi connectivity index (χ1v) is 7.44. The molecule has 0 radical (unpaired) electrons. The molecular weight excluding hydrogens is 314 g/mol. The van der Waals surface area contributed by atoms with Gasteiger partial charge in [-0.15, -0.1) is 0 Å². The lowest BCUT2D eigenvalue weighted by atomic mass is 10.1. The van der Waals surface area contributed by atoms with Crippen molar-refractivity contribution in [1.82, 2.24) is 9.80 Å². The van der Waals surface area contributed by atoms with Crippen molar-refractivity contribution < 1.29 is 24.0 Å². The van der Waals surface area contributed by atoms with Crippen LogP contribution in [0.25, 0.3) is 0 Å². The van der Waals surface area contributed by atoms with Crippen LogP contribution < -0.4 is 5.32 Å². The minimum absolute atomic E-state index is 0.120. The Labute approximate surface area is 138 Å². The number of anilines is 1. The minimum atomic E-state index is -1.02. The number of carbonyl (C=O) groups excluding carboxylic acids is 5. The second kappa shape index (κ2) is 7.03. The first kappa shape index (κ1) is 17.3. The van der Waals surface area contributed by atoms with Gasteiger partial charge in [0.05, 0.1) is 5.69 Å². The van der Waals surface area contributed by atoms with Gasteiger partial charge in [0.15, 0.2) is 5.78 Å². The highest BCUT2D eigenvalue weighted by atomic mass is 16.2. The van der Waals surface area contributed by atoms with E-state index in [0.717, 1.165) is 4.90 Å². The van der Waals surface area contributed by atoms with Crippen molar-refractivity contribution in [1.29, 1.82) is 0 Å². The van der Waals surface area contributed by atoms with E-state index < -0.39 is 30.3 Å². The number of hydrogen-bond donors (Lipinski definition) is 1. The highest BCUT2D eigenvalue weighted by Crippen LogP contribution is 2.17. The van der Waals surface area contributed by atoms with Gasteiger partial charge in [0.2, 0.25) is 5.91 Å². The van der Waals surface area contributed by atoms with Crippen LogP contribution in [-0.4, -0.2) is 52.4 Å². The van der Waals surface area contributed by atoms with Crippen molar-refractivity contribution in [3.63, 3.8) is 0 Å². The van der Waals surface area contributed by atoms with Crippen LogP contribution in [0.3, 0.4) is 0 Å². The lowest BCUT2D eigenvalue weighted by molar-refractivity contribution is -0.143. The van der Waals surface area contributed by atoms with Crippen molar-refractivity contribution in [3.05, 3.63) is 29.8 Å². The summed E-state index contributed by atoms with van der Waals surface area (Å²) in [4.78, 5) is 60.7. The van der Waals surface area contributed by atoms with Gasteiger partial charge in [0.25, 0.3) is 0 Å². The molecule has 0 spiro atoms. The zero-order chi connectivity index (χ0) is 17.9. The van der Waals surface area contributed by atoms with E-state index in [1.165, 1.54) is 13.0 Å². The average molecular weight is 331 g/mol. The molecule has 8 nitrogen and oxygen atoms in total. The number of carbonyl (C=O) groups is 5. The van der Waals surface area contributed by atoms with Gasteiger partial charge < -0.3 is 5.32 Å². The molecule has 0 unspecified atom stereocenters. The Kier molecular flexibility index (Phi) is 5.08. The molecule has 24 heavy (non-hydrogen) atoms. The number of amides is 5. The fourth-order valence-electron chi connectivity index (χ4n) is 2.34. The van der Waals surface area contributed by atoms with Crippen molar-refractivity contribution in [3.8, 4) is 0 Å². The van der Waals surface area contributed by atoms with Gasteiger partial charge in [0, 0.05) is 12.1 Å². The molecule has 1 aromatic rings. The maximum atomic E-state index is 12.1. The van der Waals surface area contributed by atoms with E-state index in [0.29, 0.717) is 16.9 Å². The first-order valence-electron chi connectivity index (χ1n) is 7.44. The van der Waals surface area contributed by atoms with Crippen LogP contribution in [0.2, 0.25) is 0 Å². The third kappa shape index (κ3) is 3.32.